The van der Waals surface area contributed by atoms with Crippen LogP contribution in [-0.2, 0) is 0 Å². The van der Waals surface area contributed by atoms with E-state index in [0.29, 0.717) is 16.9 Å². The van der Waals surface area contributed by atoms with E-state index in [1.807, 2.05) is 55.4 Å². The predicted octanol–water partition coefficient (Wildman–Crippen LogP) is 13.6. The van der Waals surface area contributed by atoms with Crippen molar-refractivity contribution in [2.75, 3.05) is 0 Å². The summed E-state index contributed by atoms with van der Waals surface area (Å²) in [4.78, 5) is 0. The molecule has 4 rings (SSSR count). The van der Waals surface area contributed by atoms with Crippen LogP contribution < -0.4 is 5.32 Å². The second-order valence-electron chi connectivity index (χ2n) is 13.4. The maximum Gasteiger partial charge on any atom is 0.0301 e. The molecule has 4 aliphatic rings. The minimum atomic E-state index is 0.500. The maximum atomic E-state index is 4.43. The molecule has 42 heavy (non-hydrogen) atoms. The van der Waals surface area contributed by atoms with E-state index < -0.39 is 0 Å². The highest BCUT2D eigenvalue weighted by molar-refractivity contribution is 5.33. The molecule has 8 unspecified atom stereocenters. The van der Waals surface area contributed by atoms with Gasteiger partial charge in [-0.25, -0.2) is 0 Å². The molecule has 0 aromatic heterocycles. The van der Waals surface area contributed by atoms with E-state index in [2.05, 4.69) is 66.1 Å². The molecule has 248 valence electrons. The Hall–Kier alpha value is -0.980. The molecule has 0 radical (unpaired) electrons. The van der Waals surface area contributed by atoms with Gasteiger partial charge in [-0.15, -0.1) is 0 Å². The topological polar surface area (TPSA) is 12.0 Å². The first kappa shape index (κ1) is 41.0. The molecule has 0 bridgehead atoms. The molecule has 0 amide bonds. The minimum absolute atomic E-state index is 0.500. The SMILES string of the molecule is C=C(C)/C=C(\CC)C(=C)NC(C)C1CCC2C3CCC4CC(CC)(CC)CCC4C3CCC12C.CC.CC.CC.CC. The molecule has 1 N–H and O–H groups in total. The van der Waals surface area contributed by atoms with Crippen LogP contribution in [0, 0.1) is 46.3 Å². The summed E-state index contributed by atoms with van der Waals surface area (Å²) < 4.78 is 0. The van der Waals surface area contributed by atoms with Crippen LogP contribution in [0.25, 0.3) is 0 Å². The van der Waals surface area contributed by atoms with Crippen molar-refractivity contribution < 1.29 is 0 Å². The highest BCUT2D eigenvalue weighted by Gasteiger charge is 2.58. The van der Waals surface area contributed by atoms with Crippen LogP contribution in [0.5, 0.6) is 0 Å². The van der Waals surface area contributed by atoms with E-state index in [4.69, 9.17) is 0 Å². The van der Waals surface area contributed by atoms with Gasteiger partial charge in [0.1, 0.15) is 0 Å². The number of hydrogen-bond donors (Lipinski definition) is 1. The molecule has 0 aliphatic heterocycles. The number of rotatable bonds is 8. The second-order valence-corrected chi connectivity index (χ2v) is 13.4. The van der Waals surface area contributed by atoms with Crippen LogP contribution in [0.1, 0.15) is 174 Å². The van der Waals surface area contributed by atoms with Gasteiger partial charge in [0.2, 0.25) is 0 Å². The summed E-state index contributed by atoms with van der Waals surface area (Å²) in [6.45, 7) is 38.9. The van der Waals surface area contributed by atoms with Gasteiger partial charge in [0.25, 0.3) is 0 Å². The van der Waals surface area contributed by atoms with Crippen LogP contribution >= 0.6 is 0 Å². The van der Waals surface area contributed by atoms with E-state index >= 15 is 0 Å². The Balaban J connectivity index is 0.00000194. The first-order chi connectivity index (χ1) is 20.2. The molecule has 0 spiro atoms. The Bertz CT molecular complexity index is 785. The zero-order valence-electron chi connectivity index (χ0n) is 31.5. The molecular formula is C41H79N. The molecule has 8 atom stereocenters. The Labute approximate surface area is 267 Å². The third kappa shape index (κ3) is 9.27. The van der Waals surface area contributed by atoms with Gasteiger partial charge in [-0.2, -0.15) is 0 Å². The normalized spacial score (nSPS) is 33.0. The first-order valence-corrected chi connectivity index (χ1v) is 19.0. The van der Waals surface area contributed by atoms with Crippen LogP contribution in [0.3, 0.4) is 0 Å². The number of allylic oxidation sites excluding steroid dienone is 3. The van der Waals surface area contributed by atoms with Crippen molar-refractivity contribution in [2.24, 2.45) is 46.3 Å². The van der Waals surface area contributed by atoms with Gasteiger partial charge in [0, 0.05) is 11.7 Å². The molecule has 4 fully saturated rings. The smallest absolute Gasteiger partial charge is 0.0301 e. The van der Waals surface area contributed by atoms with Gasteiger partial charge in [0.05, 0.1) is 0 Å². The molecule has 4 aliphatic carbocycles. The number of hydrogen-bond acceptors (Lipinski definition) is 1. The number of fused-ring (bicyclic) bond motifs is 5. The van der Waals surface area contributed by atoms with E-state index in [1.54, 1.807) is 6.42 Å². The summed E-state index contributed by atoms with van der Waals surface area (Å²) in [6.07, 6.45) is 19.5. The van der Waals surface area contributed by atoms with E-state index in [1.165, 1.54) is 69.8 Å². The first-order valence-electron chi connectivity index (χ1n) is 19.0. The lowest BCUT2D eigenvalue weighted by molar-refractivity contribution is -0.0833. The Morgan fingerprint density at radius 2 is 1.36 bits per heavy atom. The van der Waals surface area contributed by atoms with Gasteiger partial charge in [0.15, 0.2) is 0 Å². The third-order valence-corrected chi connectivity index (χ3v) is 12.0. The fraction of sp³-hybridized carbons (Fsp3) is 0.854. The minimum Gasteiger partial charge on any atom is -0.383 e. The standard InChI is InChI=1S/C33H55N.4C2H6/c1-9-25(20-22(4)5)23(6)34-24(7)30-14-15-31-29-13-12-26-21-33(10-2,11-3)19-17-27(26)28(29)16-18-32(30,31)8;4*1-2/h20,24,26-31,34H,4,6,9-19,21H2,1-3,5,7-8H3;4*1-2H3/b25-20+;;;;. The van der Waals surface area contributed by atoms with Crippen molar-refractivity contribution in [1.82, 2.24) is 5.32 Å². The molecule has 0 aromatic rings. The maximum absolute atomic E-state index is 4.43. The largest absolute Gasteiger partial charge is 0.383 e. The predicted molar refractivity (Wildman–Crippen MR) is 194 cm³/mol. The summed E-state index contributed by atoms with van der Waals surface area (Å²) in [5.41, 5.74) is 4.74. The fourth-order valence-electron chi connectivity index (χ4n) is 9.99. The summed E-state index contributed by atoms with van der Waals surface area (Å²) in [7, 11) is 0. The molecule has 1 heteroatoms. The van der Waals surface area contributed by atoms with Gasteiger partial charge in [-0.05, 0) is 130 Å². The Kier molecular flexibility index (Phi) is 19.7. The summed E-state index contributed by atoms with van der Waals surface area (Å²) in [5.74, 6) is 5.85. The van der Waals surface area contributed by atoms with Crippen LogP contribution in [0.4, 0.5) is 0 Å². The average Bonchev–Trinajstić information content (AvgIpc) is 3.40. The summed E-state index contributed by atoms with van der Waals surface area (Å²) >= 11 is 0. The molecule has 1 nitrogen and oxygen atoms in total. The zero-order chi connectivity index (χ0) is 32.7. The average molecular weight is 586 g/mol. The lowest BCUT2D eigenvalue weighted by Gasteiger charge is -2.58. The monoisotopic (exact) mass is 586 g/mol. The summed E-state index contributed by atoms with van der Waals surface area (Å²) in [6, 6.07) is 0.500. The zero-order valence-corrected chi connectivity index (χ0v) is 31.5. The highest BCUT2D eigenvalue weighted by atomic mass is 14.9. The lowest BCUT2D eigenvalue weighted by Crippen LogP contribution is -2.51. The quantitative estimate of drug-likeness (QED) is 0.279. The molecule has 0 saturated heterocycles. The summed E-state index contributed by atoms with van der Waals surface area (Å²) in [5, 5.41) is 3.87. The number of nitrogens with one attached hydrogen (secondary N) is 1. The van der Waals surface area contributed by atoms with E-state index in [-0.39, 0.29) is 0 Å². The third-order valence-electron chi connectivity index (χ3n) is 12.0. The van der Waals surface area contributed by atoms with Gasteiger partial charge in [-0.1, -0.05) is 121 Å². The van der Waals surface area contributed by atoms with Crippen molar-refractivity contribution >= 4 is 0 Å². The molecule has 4 saturated carbocycles. The van der Waals surface area contributed by atoms with Gasteiger partial charge < -0.3 is 5.32 Å². The van der Waals surface area contributed by atoms with Crippen LogP contribution in [-0.4, -0.2) is 6.04 Å². The fourth-order valence-corrected chi connectivity index (χ4v) is 9.99. The van der Waals surface area contributed by atoms with E-state index in [9.17, 15) is 0 Å². The molecular weight excluding hydrogens is 506 g/mol. The van der Waals surface area contributed by atoms with Crippen LogP contribution in [0.2, 0.25) is 0 Å². The molecule has 0 heterocycles. The van der Waals surface area contributed by atoms with Gasteiger partial charge >= 0.3 is 0 Å². The van der Waals surface area contributed by atoms with Crippen molar-refractivity contribution in [3.05, 3.63) is 36.1 Å². The highest BCUT2D eigenvalue weighted by Crippen LogP contribution is 2.66. The van der Waals surface area contributed by atoms with Gasteiger partial charge in [-0.3, -0.25) is 0 Å². The van der Waals surface area contributed by atoms with E-state index in [0.717, 1.165) is 53.2 Å². The lowest BCUT2D eigenvalue weighted by atomic mass is 9.47. The van der Waals surface area contributed by atoms with Crippen molar-refractivity contribution in [3.8, 4) is 0 Å². The van der Waals surface area contributed by atoms with Crippen LogP contribution in [0.15, 0.2) is 36.1 Å². The van der Waals surface area contributed by atoms with Crippen molar-refractivity contribution in [1.29, 1.82) is 0 Å². The van der Waals surface area contributed by atoms with Crippen molar-refractivity contribution in [3.63, 3.8) is 0 Å². The Morgan fingerprint density at radius 3 is 1.88 bits per heavy atom. The molecule has 0 aromatic carbocycles. The Morgan fingerprint density at radius 1 is 0.786 bits per heavy atom. The second kappa shape index (κ2) is 20.1. The van der Waals surface area contributed by atoms with Crippen molar-refractivity contribution in [2.45, 2.75) is 180 Å².